The minimum atomic E-state index is -0.446. The lowest BCUT2D eigenvalue weighted by Gasteiger charge is -2.21. The molecule has 5 heteroatoms. The second-order valence-corrected chi connectivity index (χ2v) is 4.26. The molecule has 0 aliphatic carbocycles. The van der Waals surface area contributed by atoms with Crippen LogP contribution in [0.4, 0.5) is 0 Å². The maximum atomic E-state index is 11.6. The highest BCUT2D eigenvalue weighted by atomic mass is 32.1. The van der Waals surface area contributed by atoms with Crippen molar-refractivity contribution < 1.29 is 14.3 Å². The Labute approximate surface area is 92.2 Å². The van der Waals surface area contributed by atoms with Crippen LogP contribution >= 0.6 is 11.3 Å². The summed E-state index contributed by atoms with van der Waals surface area (Å²) >= 11 is 1.62. The highest BCUT2D eigenvalue weighted by molar-refractivity contribution is 7.09. The Bertz CT molecular complexity index is 306. The summed E-state index contributed by atoms with van der Waals surface area (Å²) in [6.07, 6.45) is -0.446. The van der Waals surface area contributed by atoms with Crippen molar-refractivity contribution in [1.29, 1.82) is 0 Å². The molecule has 1 amide bonds. The Morgan fingerprint density at radius 1 is 1.60 bits per heavy atom. The van der Waals surface area contributed by atoms with Crippen LogP contribution in [-0.4, -0.2) is 31.8 Å². The van der Waals surface area contributed by atoms with E-state index in [0.717, 1.165) is 4.88 Å². The van der Waals surface area contributed by atoms with Crippen LogP contribution in [0, 0.1) is 0 Å². The van der Waals surface area contributed by atoms with Gasteiger partial charge in [0.05, 0.1) is 26.4 Å². The molecule has 0 radical (unpaired) electrons. The lowest BCUT2D eigenvalue weighted by molar-refractivity contribution is -0.147. The van der Waals surface area contributed by atoms with Crippen LogP contribution in [0.25, 0.3) is 0 Å². The second kappa shape index (κ2) is 5.25. The fraction of sp³-hybridized carbons (Fsp3) is 0.500. The number of nitrogens with one attached hydrogen (secondary N) is 1. The number of hydrogen-bond acceptors (Lipinski definition) is 4. The number of hydrogen-bond donors (Lipinski definition) is 1. The topological polar surface area (TPSA) is 47.6 Å². The summed E-state index contributed by atoms with van der Waals surface area (Å²) in [5.41, 5.74) is 0. The average Bonchev–Trinajstić information content (AvgIpc) is 2.80. The highest BCUT2D eigenvalue weighted by Gasteiger charge is 2.22. The third-order valence-electron chi connectivity index (χ3n) is 2.13. The molecule has 1 N–H and O–H groups in total. The van der Waals surface area contributed by atoms with E-state index in [9.17, 15) is 4.79 Å². The van der Waals surface area contributed by atoms with E-state index in [1.54, 1.807) is 11.3 Å². The molecule has 2 rings (SSSR count). The highest BCUT2D eigenvalue weighted by Crippen LogP contribution is 2.08. The van der Waals surface area contributed by atoms with Crippen molar-refractivity contribution in [3.8, 4) is 0 Å². The van der Waals surface area contributed by atoms with Crippen molar-refractivity contribution in [1.82, 2.24) is 5.32 Å². The van der Waals surface area contributed by atoms with Gasteiger partial charge in [0.1, 0.15) is 0 Å². The third kappa shape index (κ3) is 3.02. The first kappa shape index (κ1) is 10.6. The number of ether oxygens (including phenoxy) is 2. The molecule has 1 aliphatic rings. The maximum absolute atomic E-state index is 11.6. The summed E-state index contributed by atoms with van der Waals surface area (Å²) in [5.74, 6) is -0.0944. The Hall–Kier alpha value is -0.910. The van der Waals surface area contributed by atoms with Crippen LogP contribution in [0.3, 0.4) is 0 Å². The molecule has 0 spiro atoms. The SMILES string of the molecule is O=C(NCc1cccs1)[C@@H]1COCCO1. The maximum Gasteiger partial charge on any atom is 0.251 e. The second-order valence-electron chi connectivity index (χ2n) is 3.23. The summed E-state index contributed by atoms with van der Waals surface area (Å²) in [6, 6.07) is 3.95. The fourth-order valence-electron chi connectivity index (χ4n) is 1.34. The molecule has 1 aromatic heterocycles. The third-order valence-corrected chi connectivity index (χ3v) is 3.00. The van der Waals surface area contributed by atoms with Gasteiger partial charge in [-0.2, -0.15) is 0 Å². The zero-order chi connectivity index (χ0) is 10.5. The molecule has 2 heterocycles. The van der Waals surface area contributed by atoms with Crippen molar-refractivity contribution >= 4 is 17.2 Å². The molecule has 1 atom stereocenters. The molecule has 4 nitrogen and oxygen atoms in total. The van der Waals surface area contributed by atoms with Gasteiger partial charge in [-0.1, -0.05) is 6.07 Å². The van der Waals surface area contributed by atoms with E-state index >= 15 is 0 Å². The number of amides is 1. The number of rotatable bonds is 3. The normalized spacial score (nSPS) is 21.2. The first-order chi connectivity index (χ1) is 7.36. The van der Waals surface area contributed by atoms with Gasteiger partial charge >= 0.3 is 0 Å². The lowest BCUT2D eigenvalue weighted by Crippen LogP contribution is -2.42. The number of carbonyl (C=O) groups excluding carboxylic acids is 1. The standard InChI is InChI=1S/C10H13NO3S/c12-10(9-7-13-3-4-14-9)11-6-8-2-1-5-15-8/h1-2,5,9H,3-4,6-7H2,(H,11,12)/t9-/m0/s1. The zero-order valence-electron chi connectivity index (χ0n) is 8.27. The van der Waals surface area contributed by atoms with Gasteiger partial charge in [-0.05, 0) is 11.4 Å². The molecule has 15 heavy (non-hydrogen) atoms. The van der Waals surface area contributed by atoms with E-state index < -0.39 is 6.10 Å². The minimum absolute atomic E-state index is 0.0944. The predicted molar refractivity (Wildman–Crippen MR) is 56.7 cm³/mol. The van der Waals surface area contributed by atoms with E-state index in [1.807, 2.05) is 17.5 Å². The first-order valence-electron chi connectivity index (χ1n) is 4.86. The van der Waals surface area contributed by atoms with Crippen molar-refractivity contribution in [2.24, 2.45) is 0 Å². The average molecular weight is 227 g/mol. The monoisotopic (exact) mass is 227 g/mol. The molecule has 1 aromatic rings. The van der Waals surface area contributed by atoms with Crippen LogP contribution in [0.2, 0.25) is 0 Å². The molecule has 1 fully saturated rings. The summed E-state index contributed by atoms with van der Waals surface area (Å²) < 4.78 is 10.4. The van der Waals surface area contributed by atoms with Crippen LogP contribution in [0.5, 0.6) is 0 Å². The summed E-state index contributed by atoms with van der Waals surface area (Å²) in [7, 11) is 0. The van der Waals surface area contributed by atoms with Crippen molar-refractivity contribution in [3.63, 3.8) is 0 Å². The molecule has 0 saturated carbocycles. The fourth-order valence-corrected chi connectivity index (χ4v) is 1.98. The van der Waals surface area contributed by atoms with Gasteiger partial charge in [0.25, 0.3) is 5.91 Å². The van der Waals surface area contributed by atoms with Crippen molar-refractivity contribution in [2.75, 3.05) is 19.8 Å². The Kier molecular flexibility index (Phi) is 3.71. The van der Waals surface area contributed by atoms with Gasteiger partial charge in [-0.25, -0.2) is 0 Å². The van der Waals surface area contributed by atoms with Crippen molar-refractivity contribution in [3.05, 3.63) is 22.4 Å². The van der Waals surface area contributed by atoms with Gasteiger partial charge in [0, 0.05) is 4.88 Å². The van der Waals surface area contributed by atoms with Gasteiger partial charge in [0.15, 0.2) is 6.10 Å². The summed E-state index contributed by atoms with van der Waals surface area (Å²) in [4.78, 5) is 12.7. The Balaban J connectivity index is 1.76. The molecular formula is C10H13NO3S. The van der Waals surface area contributed by atoms with Crippen LogP contribution in [0.1, 0.15) is 4.88 Å². The molecule has 0 unspecified atom stereocenters. The predicted octanol–water partition coefficient (Wildman–Crippen LogP) is 0.780. The summed E-state index contributed by atoms with van der Waals surface area (Å²) in [5, 5.41) is 4.81. The molecule has 0 aromatic carbocycles. The van der Waals surface area contributed by atoms with Gasteiger partial charge in [-0.3, -0.25) is 4.79 Å². The first-order valence-corrected chi connectivity index (χ1v) is 5.73. The molecule has 82 valence electrons. The Morgan fingerprint density at radius 2 is 2.53 bits per heavy atom. The van der Waals surface area contributed by atoms with E-state index in [0.29, 0.717) is 26.4 Å². The van der Waals surface area contributed by atoms with Crippen LogP contribution < -0.4 is 5.32 Å². The number of carbonyl (C=O) groups is 1. The summed E-state index contributed by atoms with van der Waals surface area (Å²) in [6.45, 7) is 2.00. The largest absolute Gasteiger partial charge is 0.376 e. The van der Waals surface area contributed by atoms with Gasteiger partial charge in [-0.15, -0.1) is 11.3 Å². The smallest absolute Gasteiger partial charge is 0.251 e. The van der Waals surface area contributed by atoms with Crippen molar-refractivity contribution in [2.45, 2.75) is 12.6 Å². The molecule has 0 bridgehead atoms. The molecule has 1 aliphatic heterocycles. The van der Waals surface area contributed by atoms with E-state index in [1.165, 1.54) is 0 Å². The van der Waals surface area contributed by atoms with Gasteiger partial charge < -0.3 is 14.8 Å². The quantitative estimate of drug-likeness (QED) is 0.830. The zero-order valence-corrected chi connectivity index (χ0v) is 9.09. The molecular weight excluding hydrogens is 214 g/mol. The van der Waals surface area contributed by atoms with E-state index in [-0.39, 0.29) is 5.91 Å². The number of thiophene rings is 1. The van der Waals surface area contributed by atoms with Crippen LogP contribution in [-0.2, 0) is 20.8 Å². The van der Waals surface area contributed by atoms with E-state index in [4.69, 9.17) is 9.47 Å². The van der Waals surface area contributed by atoms with Crippen LogP contribution in [0.15, 0.2) is 17.5 Å². The Morgan fingerprint density at radius 3 is 3.20 bits per heavy atom. The van der Waals surface area contributed by atoms with Gasteiger partial charge in [0.2, 0.25) is 0 Å². The lowest BCUT2D eigenvalue weighted by atomic mass is 10.3. The van der Waals surface area contributed by atoms with E-state index in [2.05, 4.69) is 5.32 Å². The molecule has 1 saturated heterocycles. The minimum Gasteiger partial charge on any atom is -0.376 e.